The summed E-state index contributed by atoms with van der Waals surface area (Å²) in [5.74, 6) is 0.0857. The molecule has 0 saturated heterocycles. The molecule has 2 rings (SSSR count). The Morgan fingerprint density at radius 3 is 2.85 bits per heavy atom. The lowest BCUT2D eigenvalue weighted by molar-refractivity contribution is -0.109. The largest absolute Gasteiger partial charge is 0.303 e. The molecule has 66 valence electrons. The number of aldehydes is 1. The Labute approximate surface area is 76.6 Å². The van der Waals surface area contributed by atoms with Crippen LogP contribution in [-0.4, -0.2) is 12.1 Å². The number of hydrogen-bond acceptors (Lipinski definition) is 2. The van der Waals surface area contributed by atoms with Gasteiger partial charge in [-0.1, -0.05) is 24.3 Å². The van der Waals surface area contributed by atoms with Crippen LogP contribution in [-0.2, 0) is 4.79 Å². The summed E-state index contributed by atoms with van der Waals surface area (Å²) in [6.45, 7) is 0. The maximum absolute atomic E-state index is 11.4. The average molecular weight is 174 g/mol. The number of hydrogen-bond donors (Lipinski definition) is 0. The van der Waals surface area contributed by atoms with E-state index in [0.717, 1.165) is 17.4 Å². The lowest BCUT2D eigenvalue weighted by Crippen LogP contribution is -2.16. The van der Waals surface area contributed by atoms with Crippen molar-refractivity contribution in [1.29, 1.82) is 0 Å². The highest BCUT2D eigenvalue weighted by Gasteiger charge is 2.24. The second-order valence-electron chi connectivity index (χ2n) is 3.29. The van der Waals surface area contributed by atoms with E-state index in [1.54, 1.807) is 6.07 Å². The fourth-order valence-corrected chi connectivity index (χ4v) is 1.79. The van der Waals surface area contributed by atoms with Gasteiger partial charge in [0.05, 0.1) is 0 Å². The van der Waals surface area contributed by atoms with Gasteiger partial charge in [-0.15, -0.1) is 0 Å². The highest BCUT2D eigenvalue weighted by atomic mass is 16.1. The number of benzene rings is 1. The molecule has 0 amide bonds. The lowest BCUT2D eigenvalue weighted by atomic mass is 9.83. The first-order chi connectivity index (χ1) is 6.33. The minimum Gasteiger partial charge on any atom is -0.303 e. The first-order valence-corrected chi connectivity index (χ1v) is 4.40. The summed E-state index contributed by atoms with van der Waals surface area (Å²) in [5.41, 5.74) is 1.62. The molecule has 2 heteroatoms. The Bertz CT molecular complexity index is 355. The Hall–Kier alpha value is -1.44. The molecule has 2 nitrogen and oxygen atoms in total. The van der Waals surface area contributed by atoms with Crippen LogP contribution >= 0.6 is 0 Å². The molecule has 0 aromatic heterocycles. The maximum atomic E-state index is 11.4. The van der Waals surface area contributed by atoms with Gasteiger partial charge in [-0.05, 0) is 12.0 Å². The second kappa shape index (κ2) is 3.13. The van der Waals surface area contributed by atoms with Gasteiger partial charge in [0, 0.05) is 17.9 Å². The molecule has 1 atom stereocenters. The van der Waals surface area contributed by atoms with Crippen LogP contribution in [0.25, 0.3) is 0 Å². The van der Waals surface area contributed by atoms with Crippen molar-refractivity contribution in [2.45, 2.75) is 18.8 Å². The van der Waals surface area contributed by atoms with Crippen molar-refractivity contribution < 1.29 is 9.59 Å². The molecule has 0 bridgehead atoms. The quantitative estimate of drug-likeness (QED) is 0.610. The van der Waals surface area contributed by atoms with E-state index < -0.39 is 0 Å². The summed E-state index contributed by atoms with van der Waals surface area (Å²) in [5, 5.41) is 0. The number of carbonyl (C=O) groups excluding carboxylic acids is 2. The standard InChI is InChI=1S/C11H10O2/c12-7-8-5-6-11(13)10-4-2-1-3-9(8)10/h1-4,7-8H,5-6H2. The van der Waals surface area contributed by atoms with Gasteiger partial charge in [0.15, 0.2) is 5.78 Å². The molecule has 1 aliphatic rings. The van der Waals surface area contributed by atoms with E-state index in [1.807, 2.05) is 18.2 Å². The Balaban J connectivity index is 2.53. The molecule has 1 aliphatic carbocycles. The van der Waals surface area contributed by atoms with Crippen molar-refractivity contribution in [2.24, 2.45) is 0 Å². The summed E-state index contributed by atoms with van der Waals surface area (Å²) in [7, 11) is 0. The van der Waals surface area contributed by atoms with E-state index in [2.05, 4.69) is 0 Å². The van der Waals surface area contributed by atoms with E-state index in [1.165, 1.54) is 0 Å². The number of carbonyl (C=O) groups is 2. The number of ketones is 1. The van der Waals surface area contributed by atoms with Crippen LogP contribution < -0.4 is 0 Å². The molecule has 0 radical (unpaired) electrons. The van der Waals surface area contributed by atoms with Crippen molar-refractivity contribution in [3.8, 4) is 0 Å². The zero-order valence-electron chi connectivity index (χ0n) is 7.19. The van der Waals surface area contributed by atoms with E-state index in [0.29, 0.717) is 12.8 Å². The molecular weight excluding hydrogens is 164 g/mol. The first kappa shape index (κ1) is 8.17. The van der Waals surface area contributed by atoms with Crippen molar-refractivity contribution in [2.75, 3.05) is 0 Å². The Kier molecular flexibility index (Phi) is 1.97. The number of Topliss-reactive ketones (excluding diaryl/α,β-unsaturated/α-hetero) is 1. The minimum absolute atomic E-state index is 0.0751. The van der Waals surface area contributed by atoms with E-state index in [-0.39, 0.29) is 11.7 Å². The molecule has 1 aromatic carbocycles. The third kappa shape index (κ3) is 1.28. The van der Waals surface area contributed by atoms with Gasteiger partial charge in [-0.25, -0.2) is 0 Å². The van der Waals surface area contributed by atoms with Gasteiger partial charge in [-0.3, -0.25) is 4.79 Å². The summed E-state index contributed by atoms with van der Waals surface area (Å²) in [6.07, 6.45) is 2.10. The molecule has 13 heavy (non-hydrogen) atoms. The molecule has 1 unspecified atom stereocenters. The molecular formula is C11H10O2. The number of rotatable bonds is 1. The summed E-state index contributed by atoms with van der Waals surface area (Å²) in [6, 6.07) is 7.37. The minimum atomic E-state index is -0.0751. The van der Waals surface area contributed by atoms with Crippen LogP contribution in [0.15, 0.2) is 24.3 Å². The highest BCUT2D eigenvalue weighted by molar-refractivity contribution is 6.00. The molecule has 0 fully saturated rings. The van der Waals surface area contributed by atoms with E-state index in [9.17, 15) is 9.59 Å². The predicted molar refractivity (Wildman–Crippen MR) is 48.8 cm³/mol. The fourth-order valence-electron chi connectivity index (χ4n) is 1.79. The second-order valence-corrected chi connectivity index (χ2v) is 3.29. The SMILES string of the molecule is O=CC1CCC(=O)c2ccccc21. The summed E-state index contributed by atoms with van der Waals surface area (Å²) in [4.78, 5) is 22.1. The zero-order valence-corrected chi connectivity index (χ0v) is 7.19. The summed E-state index contributed by atoms with van der Waals surface area (Å²) >= 11 is 0. The van der Waals surface area contributed by atoms with Crippen LogP contribution in [0.4, 0.5) is 0 Å². The van der Waals surface area contributed by atoms with Gasteiger partial charge in [0.25, 0.3) is 0 Å². The van der Waals surface area contributed by atoms with Crippen molar-refractivity contribution in [1.82, 2.24) is 0 Å². The van der Waals surface area contributed by atoms with Gasteiger partial charge < -0.3 is 4.79 Å². The maximum Gasteiger partial charge on any atom is 0.163 e. The van der Waals surface area contributed by atoms with Crippen molar-refractivity contribution >= 4 is 12.1 Å². The monoisotopic (exact) mass is 174 g/mol. The number of fused-ring (bicyclic) bond motifs is 1. The Morgan fingerprint density at radius 2 is 2.08 bits per heavy atom. The molecule has 0 aliphatic heterocycles. The zero-order chi connectivity index (χ0) is 9.26. The van der Waals surface area contributed by atoms with E-state index >= 15 is 0 Å². The lowest BCUT2D eigenvalue weighted by Gasteiger charge is -2.19. The van der Waals surface area contributed by atoms with Crippen LogP contribution in [0.2, 0.25) is 0 Å². The normalized spacial score (nSPS) is 20.9. The average Bonchev–Trinajstić information content (AvgIpc) is 2.19. The Morgan fingerprint density at radius 1 is 1.31 bits per heavy atom. The van der Waals surface area contributed by atoms with Gasteiger partial charge in [0.1, 0.15) is 6.29 Å². The molecule has 0 saturated carbocycles. The van der Waals surface area contributed by atoms with Crippen molar-refractivity contribution in [3.63, 3.8) is 0 Å². The van der Waals surface area contributed by atoms with Gasteiger partial charge in [0.2, 0.25) is 0 Å². The smallest absolute Gasteiger partial charge is 0.163 e. The molecule has 0 N–H and O–H groups in total. The molecule has 1 aromatic rings. The topological polar surface area (TPSA) is 34.1 Å². The van der Waals surface area contributed by atoms with Crippen LogP contribution in [0.1, 0.15) is 34.7 Å². The molecule has 0 heterocycles. The van der Waals surface area contributed by atoms with Gasteiger partial charge in [-0.2, -0.15) is 0 Å². The molecule has 0 spiro atoms. The third-order valence-electron chi connectivity index (χ3n) is 2.51. The summed E-state index contributed by atoms with van der Waals surface area (Å²) < 4.78 is 0. The predicted octanol–water partition coefficient (Wildman–Crippen LogP) is 1.95. The van der Waals surface area contributed by atoms with Crippen LogP contribution in [0.3, 0.4) is 0 Å². The fraction of sp³-hybridized carbons (Fsp3) is 0.273. The van der Waals surface area contributed by atoms with E-state index in [4.69, 9.17) is 0 Å². The van der Waals surface area contributed by atoms with Crippen molar-refractivity contribution in [3.05, 3.63) is 35.4 Å². The van der Waals surface area contributed by atoms with Crippen LogP contribution in [0.5, 0.6) is 0 Å². The first-order valence-electron chi connectivity index (χ1n) is 4.40. The highest BCUT2D eigenvalue weighted by Crippen LogP contribution is 2.29. The van der Waals surface area contributed by atoms with Gasteiger partial charge >= 0.3 is 0 Å². The third-order valence-corrected chi connectivity index (χ3v) is 2.51. The van der Waals surface area contributed by atoms with Crippen LogP contribution in [0, 0.1) is 0 Å².